The van der Waals surface area contributed by atoms with Gasteiger partial charge >= 0.3 is 5.97 Å². The molecule has 0 saturated heterocycles. The van der Waals surface area contributed by atoms with E-state index in [0.29, 0.717) is 10.9 Å². The van der Waals surface area contributed by atoms with E-state index >= 15 is 0 Å². The molecular formula is C12H22NO4+. The number of rotatable bonds is 7. The number of carbonyl (C=O) groups is 2. The van der Waals surface area contributed by atoms with E-state index in [1.165, 1.54) is 6.08 Å². The normalized spacial score (nSPS) is 15.8. The highest BCUT2D eigenvalue weighted by Crippen LogP contribution is 2.10. The molecule has 0 aliphatic rings. The van der Waals surface area contributed by atoms with E-state index in [2.05, 4.69) is 0 Å². The first-order valence-electron chi connectivity index (χ1n) is 5.60. The number of carbonyl (C=O) groups excluding carboxylic acids is 1. The minimum absolute atomic E-state index is 0.211. The molecular weight excluding hydrogens is 222 g/mol. The molecule has 2 atom stereocenters. The summed E-state index contributed by atoms with van der Waals surface area (Å²) in [4.78, 5) is 22.6. The van der Waals surface area contributed by atoms with Crippen LogP contribution in [0.15, 0.2) is 12.2 Å². The Morgan fingerprint density at radius 1 is 1.29 bits per heavy atom. The molecule has 0 aromatic rings. The Morgan fingerprint density at radius 3 is 2.18 bits per heavy atom. The molecule has 98 valence electrons. The number of quaternary nitrogens is 1. The molecule has 5 nitrogen and oxygen atoms in total. The smallest absolute Gasteiger partial charge is 0.317 e. The second-order valence-corrected chi connectivity index (χ2v) is 5.07. The van der Waals surface area contributed by atoms with Gasteiger partial charge in [-0.15, -0.1) is 0 Å². The summed E-state index contributed by atoms with van der Waals surface area (Å²) in [5.41, 5.74) is 0. The van der Waals surface area contributed by atoms with Crippen LogP contribution >= 0.6 is 0 Å². The van der Waals surface area contributed by atoms with E-state index < -0.39 is 23.8 Å². The van der Waals surface area contributed by atoms with Crippen molar-refractivity contribution in [1.82, 2.24) is 0 Å². The molecule has 0 saturated carbocycles. The summed E-state index contributed by atoms with van der Waals surface area (Å²) in [6.07, 6.45) is 2.31. The fraction of sp³-hybridized carbons (Fsp3) is 0.667. The van der Waals surface area contributed by atoms with Gasteiger partial charge in [0.15, 0.2) is 11.7 Å². The minimum Gasteiger partial charge on any atom is -0.481 e. The summed E-state index contributed by atoms with van der Waals surface area (Å²) in [5.74, 6) is -3.22. The van der Waals surface area contributed by atoms with E-state index in [1.807, 2.05) is 28.1 Å². The molecule has 0 fully saturated rings. The van der Waals surface area contributed by atoms with Crippen LogP contribution in [0.3, 0.4) is 0 Å². The van der Waals surface area contributed by atoms with Gasteiger partial charge in [-0.1, -0.05) is 13.0 Å². The predicted octanol–water partition coefficient (Wildman–Crippen LogP) is 0.290. The summed E-state index contributed by atoms with van der Waals surface area (Å²) < 4.78 is 0.399. The number of hydrogen-bond acceptors (Lipinski definition) is 3. The Labute approximate surface area is 102 Å². The lowest BCUT2D eigenvalue weighted by Gasteiger charge is -2.28. The number of carboxylic acids is 1. The Balaban J connectivity index is 4.80. The van der Waals surface area contributed by atoms with Gasteiger partial charge in [-0.3, -0.25) is 9.59 Å². The molecule has 0 radical (unpaired) electrons. The maximum Gasteiger partial charge on any atom is 0.317 e. The molecule has 2 unspecified atom stereocenters. The number of carboxylic acid groups (broad SMARTS) is 1. The number of allylic oxidation sites excluding steroid dienone is 2. The van der Waals surface area contributed by atoms with Crippen LogP contribution in [-0.4, -0.2) is 60.2 Å². The van der Waals surface area contributed by atoms with Gasteiger partial charge in [0.1, 0.15) is 12.6 Å². The summed E-state index contributed by atoms with van der Waals surface area (Å²) in [7, 11) is 5.48. The number of nitrogens with zero attached hydrogens (tertiary/aromatic N) is 1. The van der Waals surface area contributed by atoms with Gasteiger partial charge in [-0.25, -0.2) is 0 Å². The highest BCUT2D eigenvalue weighted by Gasteiger charge is 2.35. The largest absolute Gasteiger partial charge is 0.481 e. The molecule has 0 amide bonds. The average molecular weight is 244 g/mol. The van der Waals surface area contributed by atoms with Crippen LogP contribution < -0.4 is 0 Å². The maximum atomic E-state index is 11.6. The Bertz CT molecular complexity index is 304. The fourth-order valence-corrected chi connectivity index (χ4v) is 1.48. The SMILES string of the molecule is CC/C=C/C(=O)C(C(=O)O)C(O)C[N+](C)(C)C. The zero-order valence-corrected chi connectivity index (χ0v) is 10.9. The average Bonchev–Trinajstić information content (AvgIpc) is 2.10. The van der Waals surface area contributed by atoms with Crippen LogP contribution in [-0.2, 0) is 9.59 Å². The van der Waals surface area contributed by atoms with Crippen LogP contribution in [0, 0.1) is 5.92 Å². The fourth-order valence-electron chi connectivity index (χ4n) is 1.48. The summed E-state index contributed by atoms with van der Waals surface area (Å²) >= 11 is 0. The molecule has 2 N–H and O–H groups in total. The van der Waals surface area contributed by atoms with Crippen molar-refractivity contribution in [1.29, 1.82) is 0 Å². The molecule has 17 heavy (non-hydrogen) atoms. The Hall–Kier alpha value is -1.20. The molecule has 0 aromatic heterocycles. The molecule has 0 rings (SSSR count). The standard InChI is InChI=1S/C12H21NO4/c1-5-6-7-9(14)11(12(16)17)10(15)8-13(2,3)4/h6-7,10-11,15H,5,8H2,1-4H3/p+1/b7-6+. The highest BCUT2D eigenvalue weighted by molar-refractivity contribution is 6.04. The van der Waals surface area contributed by atoms with E-state index in [9.17, 15) is 14.7 Å². The number of hydrogen-bond donors (Lipinski definition) is 2. The summed E-state index contributed by atoms with van der Waals surface area (Å²) in [6.45, 7) is 2.06. The molecule has 0 spiro atoms. The molecule has 5 heteroatoms. The van der Waals surface area contributed by atoms with E-state index in [-0.39, 0.29) is 6.54 Å². The van der Waals surface area contributed by atoms with Gasteiger partial charge < -0.3 is 14.7 Å². The van der Waals surface area contributed by atoms with Crippen molar-refractivity contribution in [2.24, 2.45) is 5.92 Å². The maximum absolute atomic E-state index is 11.6. The molecule has 0 aliphatic heterocycles. The minimum atomic E-state index is -1.38. The van der Waals surface area contributed by atoms with Gasteiger partial charge in [0.2, 0.25) is 0 Å². The summed E-state index contributed by atoms with van der Waals surface area (Å²) in [5, 5.41) is 18.8. The molecule has 0 aliphatic carbocycles. The summed E-state index contributed by atoms with van der Waals surface area (Å²) in [6, 6.07) is 0. The lowest BCUT2D eigenvalue weighted by Crippen LogP contribution is -2.47. The van der Waals surface area contributed by atoms with Crippen molar-refractivity contribution in [3.8, 4) is 0 Å². The molecule has 0 heterocycles. The van der Waals surface area contributed by atoms with Crippen molar-refractivity contribution in [3.63, 3.8) is 0 Å². The Morgan fingerprint density at radius 2 is 1.82 bits per heavy atom. The number of aliphatic hydroxyl groups is 1. The van der Waals surface area contributed by atoms with Gasteiger partial charge in [0.05, 0.1) is 21.1 Å². The van der Waals surface area contributed by atoms with Crippen molar-refractivity contribution < 1.29 is 24.3 Å². The molecule has 0 aromatic carbocycles. The monoisotopic (exact) mass is 244 g/mol. The second-order valence-electron chi connectivity index (χ2n) is 5.07. The first-order chi connectivity index (χ1) is 7.69. The van der Waals surface area contributed by atoms with Crippen molar-refractivity contribution in [2.75, 3.05) is 27.7 Å². The zero-order valence-electron chi connectivity index (χ0n) is 10.9. The number of aliphatic hydroxyl groups excluding tert-OH is 1. The highest BCUT2D eigenvalue weighted by atomic mass is 16.4. The van der Waals surface area contributed by atoms with Gasteiger partial charge in [-0.05, 0) is 12.5 Å². The van der Waals surface area contributed by atoms with E-state index in [4.69, 9.17) is 5.11 Å². The van der Waals surface area contributed by atoms with E-state index in [0.717, 1.165) is 0 Å². The van der Waals surface area contributed by atoms with Gasteiger partial charge in [-0.2, -0.15) is 0 Å². The van der Waals surface area contributed by atoms with Crippen LogP contribution in [0.4, 0.5) is 0 Å². The Kier molecular flexibility index (Phi) is 6.05. The van der Waals surface area contributed by atoms with Crippen LogP contribution in [0.1, 0.15) is 13.3 Å². The van der Waals surface area contributed by atoms with E-state index in [1.54, 1.807) is 6.08 Å². The topological polar surface area (TPSA) is 74.6 Å². The predicted molar refractivity (Wildman–Crippen MR) is 64.5 cm³/mol. The lowest BCUT2D eigenvalue weighted by molar-refractivity contribution is -0.873. The zero-order chi connectivity index (χ0) is 13.6. The van der Waals surface area contributed by atoms with Crippen molar-refractivity contribution in [3.05, 3.63) is 12.2 Å². The number of aliphatic carboxylic acids is 1. The molecule has 0 bridgehead atoms. The third kappa shape index (κ3) is 6.19. The number of ketones is 1. The van der Waals surface area contributed by atoms with Crippen molar-refractivity contribution >= 4 is 11.8 Å². The quantitative estimate of drug-likeness (QED) is 0.383. The van der Waals surface area contributed by atoms with Crippen molar-refractivity contribution in [2.45, 2.75) is 19.4 Å². The van der Waals surface area contributed by atoms with Crippen LogP contribution in [0.2, 0.25) is 0 Å². The first-order valence-corrected chi connectivity index (χ1v) is 5.60. The third-order valence-corrected chi connectivity index (χ3v) is 2.21. The van der Waals surface area contributed by atoms with Gasteiger partial charge in [0.25, 0.3) is 0 Å². The second kappa shape index (κ2) is 6.51. The van der Waals surface area contributed by atoms with Crippen LogP contribution in [0.5, 0.6) is 0 Å². The lowest BCUT2D eigenvalue weighted by atomic mass is 9.96. The van der Waals surface area contributed by atoms with Gasteiger partial charge in [0, 0.05) is 0 Å². The van der Waals surface area contributed by atoms with Crippen LogP contribution in [0.25, 0.3) is 0 Å². The first kappa shape index (κ1) is 15.8. The third-order valence-electron chi connectivity index (χ3n) is 2.21. The number of likely N-dealkylation sites (N-methyl/N-ethyl adjacent to an activating group) is 1.